The number of fused-ring (bicyclic) bond motifs is 1. The summed E-state index contributed by atoms with van der Waals surface area (Å²) in [6, 6.07) is 10.8. The number of amides is 1. The van der Waals surface area contributed by atoms with Gasteiger partial charge < -0.3 is 15.0 Å². The Morgan fingerprint density at radius 2 is 2.06 bits per heavy atom. The lowest BCUT2D eigenvalue weighted by molar-refractivity contribution is 0.0198. The molecule has 6 nitrogen and oxygen atoms in total. The fourth-order valence-electron chi connectivity index (χ4n) is 3.90. The van der Waals surface area contributed by atoms with Crippen molar-refractivity contribution in [2.75, 3.05) is 18.4 Å². The zero-order chi connectivity index (χ0) is 22.9. The molecule has 0 aliphatic carbocycles. The average molecular weight is 457 g/mol. The predicted molar refractivity (Wildman–Crippen MR) is 124 cm³/mol. The minimum atomic E-state index is -0.530. The van der Waals surface area contributed by atoms with Crippen molar-refractivity contribution in [1.29, 1.82) is 0 Å². The highest BCUT2D eigenvalue weighted by atomic mass is 35.5. The molecule has 0 radical (unpaired) electrons. The van der Waals surface area contributed by atoms with Crippen LogP contribution in [-0.4, -0.2) is 39.7 Å². The van der Waals surface area contributed by atoms with Gasteiger partial charge >= 0.3 is 6.09 Å². The van der Waals surface area contributed by atoms with Crippen LogP contribution >= 0.6 is 11.6 Å². The number of benzene rings is 2. The van der Waals surface area contributed by atoms with Gasteiger partial charge in [0.25, 0.3) is 0 Å². The number of carbonyl (C=O) groups excluding carboxylic acids is 1. The van der Waals surface area contributed by atoms with Crippen molar-refractivity contribution < 1.29 is 13.9 Å². The maximum absolute atomic E-state index is 14.4. The molecule has 1 aliphatic rings. The quantitative estimate of drug-likeness (QED) is 0.502. The number of nitrogens with zero attached hydrogens (tertiary/aromatic N) is 3. The third kappa shape index (κ3) is 4.93. The van der Waals surface area contributed by atoms with Gasteiger partial charge in [-0.2, -0.15) is 0 Å². The molecule has 0 bridgehead atoms. The van der Waals surface area contributed by atoms with Crippen LogP contribution in [0.1, 0.15) is 45.1 Å². The fraction of sp³-hybridized carbons (Fsp3) is 0.375. The van der Waals surface area contributed by atoms with Crippen LogP contribution in [-0.2, 0) is 4.74 Å². The van der Waals surface area contributed by atoms with Crippen molar-refractivity contribution in [3.8, 4) is 0 Å². The maximum atomic E-state index is 14.4. The van der Waals surface area contributed by atoms with E-state index in [0.29, 0.717) is 18.9 Å². The minimum absolute atomic E-state index is 0.0403. The zero-order valence-electron chi connectivity index (χ0n) is 18.4. The number of halogens is 2. The molecule has 1 aromatic heterocycles. The largest absolute Gasteiger partial charge is 0.444 e. The molecule has 32 heavy (non-hydrogen) atoms. The van der Waals surface area contributed by atoms with Crippen molar-refractivity contribution in [2.24, 2.45) is 0 Å². The molecule has 1 saturated heterocycles. The van der Waals surface area contributed by atoms with Gasteiger partial charge in [-0.3, -0.25) is 0 Å². The van der Waals surface area contributed by atoms with Crippen LogP contribution in [0.4, 0.5) is 20.7 Å². The summed E-state index contributed by atoms with van der Waals surface area (Å²) in [7, 11) is 0. The lowest BCUT2D eigenvalue weighted by Crippen LogP contribution is -2.42. The number of carbonyl (C=O) groups is 1. The average Bonchev–Trinajstić information content (AvgIpc) is 2.76. The first-order chi connectivity index (χ1) is 15.2. The normalized spacial score (nSPS) is 16.8. The van der Waals surface area contributed by atoms with E-state index in [1.165, 1.54) is 12.4 Å². The van der Waals surface area contributed by atoms with Gasteiger partial charge in [0.1, 0.15) is 17.7 Å². The Morgan fingerprint density at radius 3 is 2.84 bits per heavy atom. The van der Waals surface area contributed by atoms with E-state index in [4.69, 9.17) is 16.3 Å². The molecule has 4 rings (SSSR count). The number of anilines is 2. The van der Waals surface area contributed by atoms with Crippen molar-refractivity contribution in [2.45, 2.75) is 45.1 Å². The highest BCUT2D eigenvalue weighted by molar-refractivity contribution is 6.31. The Labute approximate surface area is 191 Å². The molecule has 1 aliphatic heterocycles. The number of aromatic nitrogens is 2. The first-order valence-electron chi connectivity index (χ1n) is 10.6. The van der Waals surface area contributed by atoms with Gasteiger partial charge in [0.2, 0.25) is 0 Å². The van der Waals surface area contributed by atoms with Gasteiger partial charge in [-0.05, 0) is 63.4 Å². The lowest BCUT2D eigenvalue weighted by atomic mass is 9.90. The van der Waals surface area contributed by atoms with Crippen LogP contribution in [0.5, 0.6) is 0 Å². The molecule has 2 aromatic carbocycles. The van der Waals surface area contributed by atoms with Crippen molar-refractivity contribution in [3.05, 3.63) is 59.1 Å². The van der Waals surface area contributed by atoms with E-state index in [1.54, 1.807) is 17.0 Å². The summed E-state index contributed by atoms with van der Waals surface area (Å²) in [5.74, 6) is 0.131. The summed E-state index contributed by atoms with van der Waals surface area (Å²) in [5.41, 5.74) is 1.54. The van der Waals surface area contributed by atoms with E-state index in [-0.39, 0.29) is 22.7 Å². The Kier molecular flexibility index (Phi) is 6.20. The first kappa shape index (κ1) is 22.3. The monoisotopic (exact) mass is 456 g/mol. The van der Waals surface area contributed by atoms with Crippen molar-refractivity contribution in [3.63, 3.8) is 0 Å². The smallest absolute Gasteiger partial charge is 0.410 e. The summed E-state index contributed by atoms with van der Waals surface area (Å²) >= 11 is 5.91. The maximum Gasteiger partial charge on any atom is 0.410 e. The van der Waals surface area contributed by atoms with Crippen LogP contribution in [0.25, 0.3) is 10.9 Å². The second-order valence-electron chi connectivity index (χ2n) is 8.99. The Hall–Kier alpha value is -2.93. The predicted octanol–water partition coefficient (Wildman–Crippen LogP) is 6.28. The molecule has 0 saturated carbocycles. The number of hydrogen-bond acceptors (Lipinski definition) is 5. The highest BCUT2D eigenvalue weighted by Gasteiger charge is 2.28. The number of ether oxygens (including phenoxy) is 1. The Balaban J connectivity index is 1.61. The van der Waals surface area contributed by atoms with E-state index in [1.807, 2.05) is 39.0 Å². The molecule has 168 valence electrons. The van der Waals surface area contributed by atoms with Gasteiger partial charge in [0.15, 0.2) is 5.82 Å². The number of hydrogen-bond donors (Lipinski definition) is 1. The summed E-state index contributed by atoms with van der Waals surface area (Å²) in [6.07, 6.45) is 3.01. The van der Waals surface area contributed by atoms with Gasteiger partial charge in [-0.25, -0.2) is 19.2 Å². The highest BCUT2D eigenvalue weighted by Crippen LogP contribution is 2.33. The number of nitrogens with one attached hydrogen (secondary N) is 1. The van der Waals surface area contributed by atoms with E-state index < -0.39 is 11.4 Å². The lowest BCUT2D eigenvalue weighted by Gasteiger charge is -2.34. The molecule has 8 heteroatoms. The minimum Gasteiger partial charge on any atom is -0.444 e. The third-order valence-electron chi connectivity index (χ3n) is 5.41. The van der Waals surface area contributed by atoms with Crippen molar-refractivity contribution >= 4 is 40.1 Å². The SMILES string of the molecule is CC(C)(C)OC(=O)N1CCC[C@H](c2ccc3ncnc(Nc4cccc(Cl)c4F)c3c2)C1. The zero-order valence-corrected chi connectivity index (χ0v) is 19.1. The van der Waals surface area contributed by atoms with Crippen molar-refractivity contribution in [1.82, 2.24) is 14.9 Å². The Morgan fingerprint density at radius 1 is 1.25 bits per heavy atom. The van der Waals surface area contributed by atoms with E-state index in [0.717, 1.165) is 29.3 Å². The Bertz CT molecular complexity index is 1150. The summed E-state index contributed by atoms with van der Waals surface area (Å²) in [4.78, 5) is 23.0. The number of likely N-dealkylation sites (tertiary alicyclic amines) is 1. The molecule has 1 atom stereocenters. The van der Waals surface area contributed by atoms with Crippen LogP contribution in [0.15, 0.2) is 42.7 Å². The van der Waals surface area contributed by atoms with Crippen LogP contribution in [0.2, 0.25) is 5.02 Å². The standard InChI is InChI=1S/C24H26ClFN4O2/c1-24(2,3)32-23(31)30-11-5-6-16(13-30)15-9-10-19-17(12-15)22(28-14-27-19)29-20-8-4-7-18(25)21(20)26/h4,7-10,12,14,16H,5-6,11,13H2,1-3H3,(H,27,28,29)/t16-/m0/s1. The van der Waals surface area contributed by atoms with Gasteiger partial charge in [0.05, 0.1) is 16.2 Å². The van der Waals surface area contributed by atoms with Crippen LogP contribution < -0.4 is 5.32 Å². The molecule has 0 unspecified atom stereocenters. The molecular weight excluding hydrogens is 431 g/mol. The second-order valence-corrected chi connectivity index (χ2v) is 9.40. The number of piperidine rings is 1. The van der Waals surface area contributed by atoms with E-state index in [9.17, 15) is 9.18 Å². The van der Waals surface area contributed by atoms with Gasteiger partial charge in [-0.1, -0.05) is 23.7 Å². The summed E-state index contributed by atoms with van der Waals surface area (Å²) in [5, 5.41) is 3.86. The summed E-state index contributed by atoms with van der Waals surface area (Å²) in [6.45, 7) is 6.87. The molecular formula is C24H26ClFN4O2. The molecule has 1 amide bonds. The first-order valence-corrected chi connectivity index (χ1v) is 11.0. The summed E-state index contributed by atoms with van der Waals surface area (Å²) < 4.78 is 20.0. The topological polar surface area (TPSA) is 67.3 Å². The van der Waals surface area contributed by atoms with Gasteiger partial charge in [0, 0.05) is 24.4 Å². The molecule has 1 fully saturated rings. The van der Waals surface area contributed by atoms with E-state index in [2.05, 4.69) is 15.3 Å². The third-order valence-corrected chi connectivity index (χ3v) is 5.70. The molecule has 2 heterocycles. The second kappa shape index (κ2) is 8.90. The fourth-order valence-corrected chi connectivity index (χ4v) is 4.07. The van der Waals surface area contributed by atoms with Gasteiger partial charge in [-0.15, -0.1) is 0 Å². The molecule has 1 N–H and O–H groups in total. The van der Waals surface area contributed by atoms with E-state index >= 15 is 0 Å². The number of rotatable bonds is 3. The molecule has 3 aromatic rings. The molecule has 0 spiro atoms. The van der Waals surface area contributed by atoms with Crippen LogP contribution in [0, 0.1) is 5.82 Å². The van der Waals surface area contributed by atoms with Crippen LogP contribution in [0.3, 0.4) is 0 Å².